The van der Waals surface area contributed by atoms with Crippen LogP contribution in [0.1, 0.15) is 6.92 Å². The highest BCUT2D eigenvalue weighted by Gasteiger charge is 2.07. The van der Waals surface area contributed by atoms with Gasteiger partial charge in [0.2, 0.25) is 0 Å². The lowest BCUT2D eigenvalue weighted by Crippen LogP contribution is -2.32. The molecular weight excluding hydrogens is 318 g/mol. The molecule has 7 heteroatoms. The first-order chi connectivity index (χ1) is 11.6. The van der Waals surface area contributed by atoms with Crippen molar-refractivity contribution in [2.75, 3.05) is 25.1 Å². The summed E-state index contributed by atoms with van der Waals surface area (Å²) in [4.78, 5) is 11.6. The number of halogens is 2. The average Bonchev–Trinajstić information content (AvgIpc) is 2.55. The van der Waals surface area contributed by atoms with Gasteiger partial charge in [-0.15, -0.1) is 0 Å². The van der Waals surface area contributed by atoms with Crippen LogP contribution in [0.25, 0.3) is 0 Å². The summed E-state index contributed by atoms with van der Waals surface area (Å²) in [5.74, 6) is -0.226. The monoisotopic (exact) mass is 336 g/mol. The predicted octanol–water partition coefficient (Wildman–Crippen LogP) is 3.56. The van der Waals surface area contributed by atoms with Crippen LogP contribution in [-0.2, 0) is 0 Å². The van der Waals surface area contributed by atoms with E-state index < -0.39 is 17.7 Å². The topological polar surface area (TPSA) is 59.6 Å². The third kappa shape index (κ3) is 5.42. The Morgan fingerprint density at radius 1 is 1.08 bits per heavy atom. The molecule has 0 aliphatic carbocycles. The molecule has 2 amide bonds. The van der Waals surface area contributed by atoms with Crippen molar-refractivity contribution in [1.29, 1.82) is 0 Å². The van der Waals surface area contributed by atoms with Gasteiger partial charge in [-0.1, -0.05) is 6.07 Å². The molecule has 2 N–H and O–H groups in total. The van der Waals surface area contributed by atoms with Gasteiger partial charge in [0.15, 0.2) is 0 Å². The summed E-state index contributed by atoms with van der Waals surface area (Å²) in [6.45, 7) is 2.90. The summed E-state index contributed by atoms with van der Waals surface area (Å²) >= 11 is 0. The Labute approximate surface area is 138 Å². The lowest BCUT2D eigenvalue weighted by atomic mass is 10.3. The molecule has 0 radical (unpaired) electrons. The molecule has 0 saturated carbocycles. The zero-order valence-corrected chi connectivity index (χ0v) is 13.1. The van der Waals surface area contributed by atoms with Crippen LogP contribution in [-0.4, -0.2) is 25.8 Å². The summed E-state index contributed by atoms with van der Waals surface area (Å²) in [5, 5.41) is 4.81. The Hall–Kier alpha value is -2.83. The highest BCUT2D eigenvalue weighted by molar-refractivity contribution is 5.89. The lowest BCUT2D eigenvalue weighted by Gasteiger charge is -2.10. The van der Waals surface area contributed by atoms with Crippen LogP contribution in [0.4, 0.5) is 19.3 Å². The molecule has 128 valence electrons. The van der Waals surface area contributed by atoms with E-state index in [1.54, 1.807) is 18.2 Å². The molecule has 0 aliphatic rings. The van der Waals surface area contributed by atoms with Crippen LogP contribution in [0.15, 0.2) is 42.5 Å². The van der Waals surface area contributed by atoms with Crippen molar-refractivity contribution in [3.05, 3.63) is 54.1 Å². The maximum Gasteiger partial charge on any atom is 0.319 e. The van der Waals surface area contributed by atoms with Crippen LogP contribution in [0.2, 0.25) is 0 Å². The largest absolute Gasteiger partial charge is 0.494 e. The Bertz CT molecular complexity index is 695. The molecule has 0 atom stereocenters. The van der Waals surface area contributed by atoms with Crippen LogP contribution in [0, 0.1) is 11.6 Å². The molecule has 0 bridgehead atoms. The van der Waals surface area contributed by atoms with Gasteiger partial charge < -0.3 is 20.1 Å². The second kappa shape index (κ2) is 8.71. The van der Waals surface area contributed by atoms with E-state index in [1.807, 2.05) is 13.0 Å². The molecule has 2 aromatic carbocycles. The number of carbonyl (C=O) groups is 1. The van der Waals surface area contributed by atoms with Gasteiger partial charge in [0, 0.05) is 12.1 Å². The molecule has 0 aliphatic heterocycles. The number of nitrogens with one attached hydrogen (secondary N) is 2. The summed E-state index contributed by atoms with van der Waals surface area (Å²) in [6.07, 6.45) is 0. The quantitative estimate of drug-likeness (QED) is 0.760. The van der Waals surface area contributed by atoms with Gasteiger partial charge in [0.25, 0.3) is 0 Å². The highest BCUT2D eigenvalue weighted by atomic mass is 19.1. The Balaban J connectivity index is 1.73. The molecule has 0 spiro atoms. The van der Waals surface area contributed by atoms with E-state index >= 15 is 0 Å². The Kier molecular flexibility index (Phi) is 6.36. The number of anilines is 1. The second-order valence-electron chi connectivity index (χ2n) is 4.76. The maximum absolute atomic E-state index is 13.4. The minimum absolute atomic E-state index is 0.0979. The third-order valence-electron chi connectivity index (χ3n) is 2.95. The van der Waals surface area contributed by atoms with Crippen molar-refractivity contribution in [2.45, 2.75) is 6.92 Å². The number of amides is 2. The van der Waals surface area contributed by atoms with Gasteiger partial charge in [-0.2, -0.15) is 0 Å². The smallest absolute Gasteiger partial charge is 0.319 e. The molecule has 5 nitrogen and oxygen atoms in total. The van der Waals surface area contributed by atoms with Crippen molar-refractivity contribution >= 4 is 11.7 Å². The van der Waals surface area contributed by atoms with Gasteiger partial charge in [-0.25, -0.2) is 13.6 Å². The molecule has 0 fully saturated rings. The Morgan fingerprint density at radius 3 is 2.54 bits per heavy atom. The molecule has 0 heterocycles. The fraction of sp³-hybridized carbons (Fsp3) is 0.235. The van der Waals surface area contributed by atoms with E-state index in [-0.39, 0.29) is 18.8 Å². The van der Waals surface area contributed by atoms with Crippen LogP contribution in [0.5, 0.6) is 11.5 Å². The summed E-state index contributed by atoms with van der Waals surface area (Å²) in [6, 6.07) is 9.45. The minimum Gasteiger partial charge on any atom is -0.494 e. The summed E-state index contributed by atoms with van der Waals surface area (Å²) in [7, 11) is 0. The maximum atomic E-state index is 13.4. The molecule has 0 unspecified atom stereocenters. The Morgan fingerprint density at radius 2 is 1.83 bits per heavy atom. The number of hydrogen-bond donors (Lipinski definition) is 2. The average molecular weight is 336 g/mol. The van der Waals surface area contributed by atoms with E-state index in [4.69, 9.17) is 9.47 Å². The second-order valence-corrected chi connectivity index (χ2v) is 4.76. The number of carbonyl (C=O) groups excluding carboxylic acids is 1. The number of ether oxygens (including phenoxy) is 2. The van der Waals surface area contributed by atoms with Crippen molar-refractivity contribution in [3.8, 4) is 11.5 Å². The molecule has 24 heavy (non-hydrogen) atoms. The van der Waals surface area contributed by atoms with E-state index in [1.165, 1.54) is 0 Å². The number of urea groups is 1. The van der Waals surface area contributed by atoms with Gasteiger partial charge in [0.05, 0.1) is 18.8 Å². The van der Waals surface area contributed by atoms with Crippen LogP contribution >= 0.6 is 0 Å². The van der Waals surface area contributed by atoms with E-state index in [0.29, 0.717) is 24.2 Å². The van der Waals surface area contributed by atoms with E-state index in [9.17, 15) is 13.6 Å². The lowest BCUT2D eigenvalue weighted by molar-refractivity contribution is 0.247. The normalized spacial score (nSPS) is 10.1. The van der Waals surface area contributed by atoms with Gasteiger partial charge in [-0.3, -0.25) is 0 Å². The van der Waals surface area contributed by atoms with Crippen LogP contribution in [0.3, 0.4) is 0 Å². The van der Waals surface area contributed by atoms with Crippen molar-refractivity contribution in [1.82, 2.24) is 5.32 Å². The molecular formula is C17H18F2N2O3. The summed E-state index contributed by atoms with van der Waals surface area (Å²) in [5.41, 5.74) is -0.0979. The fourth-order valence-electron chi connectivity index (χ4n) is 1.91. The zero-order chi connectivity index (χ0) is 17.4. The number of benzene rings is 2. The van der Waals surface area contributed by atoms with Crippen LogP contribution < -0.4 is 20.1 Å². The molecule has 0 aromatic heterocycles. The SMILES string of the molecule is CCOc1cccc(OCCNC(=O)Nc2ccc(F)cc2F)c1. The van der Waals surface area contributed by atoms with Crippen molar-refractivity contribution in [2.24, 2.45) is 0 Å². The standard InChI is InChI=1S/C17H18F2N2O3/c1-2-23-13-4-3-5-14(11-13)24-9-8-20-17(22)21-16-7-6-12(18)10-15(16)19/h3-7,10-11H,2,8-9H2,1H3,(H2,20,21,22). The molecule has 2 aromatic rings. The van der Waals surface area contributed by atoms with E-state index in [0.717, 1.165) is 12.1 Å². The first-order valence-corrected chi connectivity index (χ1v) is 7.44. The third-order valence-corrected chi connectivity index (χ3v) is 2.95. The molecule has 2 rings (SSSR count). The van der Waals surface area contributed by atoms with Gasteiger partial charge in [-0.05, 0) is 31.2 Å². The first kappa shape index (κ1) is 17.5. The van der Waals surface area contributed by atoms with Crippen molar-refractivity contribution < 1.29 is 23.0 Å². The number of hydrogen-bond acceptors (Lipinski definition) is 3. The first-order valence-electron chi connectivity index (χ1n) is 7.44. The highest BCUT2D eigenvalue weighted by Crippen LogP contribution is 2.19. The van der Waals surface area contributed by atoms with Crippen molar-refractivity contribution in [3.63, 3.8) is 0 Å². The predicted molar refractivity (Wildman–Crippen MR) is 86.5 cm³/mol. The minimum atomic E-state index is -0.839. The van der Waals surface area contributed by atoms with E-state index in [2.05, 4.69) is 10.6 Å². The summed E-state index contributed by atoms with van der Waals surface area (Å²) < 4.78 is 37.0. The van der Waals surface area contributed by atoms with Gasteiger partial charge >= 0.3 is 6.03 Å². The van der Waals surface area contributed by atoms with Gasteiger partial charge in [0.1, 0.15) is 29.7 Å². The molecule has 0 saturated heterocycles. The zero-order valence-electron chi connectivity index (χ0n) is 13.1. The fourth-order valence-corrected chi connectivity index (χ4v) is 1.91. The number of rotatable bonds is 7.